The van der Waals surface area contributed by atoms with Crippen LogP contribution in [0.5, 0.6) is 0 Å². The number of likely N-dealkylation sites (tertiary alicyclic amines) is 2. The van der Waals surface area contributed by atoms with Crippen molar-refractivity contribution in [3.8, 4) is 0 Å². The minimum Gasteiger partial charge on any atom is -0.355 e. The summed E-state index contributed by atoms with van der Waals surface area (Å²) in [5.41, 5.74) is 4.09. The van der Waals surface area contributed by atoms with Crippen LogP contribution >= 0.6 is 0 Å². The van der Waals surface area contributed by atoms with Gasteiger partial charge in [0.1, 0.15) is 5.82 Å². The van der Waals surface area contributed by atoms with Crippen molar-refractivity contribution < 1.29 is 9.18 Å². The highest BCUT2D eigenvalue weighted by molar-refractivity contribution is 6.04. The van der Waals surface area contributed by atoms with Crippen molar-refractivity contribution in [3.63, 3.8) is 0 Å². The number of nitrogens with one attached hydrogen (secondary N) is 2. The second-order valence-corrected chi connectivity index (χ2v) is 9.97. The lowest BCUT2D eigenvalue weighted by Crippen LogP contribution is -2.46. The van der Waals surface area contributed by atoms with Crippen molar-refractivity contribution in [1.82, 2.24) is 9.80 Å². The first-order chi connectivity index (χ1) is 17.6. The van der Waals surface area contributed by atoms with Crippen LogP contribution in [0.1, 0.15) is 48.0 Å². The Morgan fingerprint density at radius 1 is 0.806 bits per heavy atom. The van der Waals surface area contributed by atoms with E-state index in [0.29, 0.717) is 11.3 Å². The van der Waals surface area contributed by atoms with E-state index in [0.717, 1.165) is 37.1 Å². The molecule has 0 aromatic heterocycles. The molecule has 0 aliphatic carbocycles. The highest BCUT2D eigenvalue weighted by Crippen LogP contribution is 2.23. The monoisotopic (exact) mass is 486 g/mol. The van der Waals surface area contributed by atoms with Crippen molar-refractivity contribution in [2.45, 2.75) is 44.7 Å². The molecular weight excluding hydrogens is 451 g/mol. The first kappa shape index (κ1) is 24.5. The van der Waals surface area contributed by atoms with Gasteiger partial charge >= 0.3 is 0 Å². The highest BCUT2D eigenvalue weighted by atomic mass is 19.1. The maximum Gasteiger partial charge on any atom is 0.255 e. The van der Waals surface area contributed by atoms with Crippen molar-refractivity contribution in [3.05, 3.63) is 89.7 Å². The maximum atomic E-state index is 13.4. The van der Waals surface area contributed by atoms with Crippen LogP contribution in [0.25, 0.3) is 0 Å². The zero-order chi connectivity index (χ0) is 24.7. The van der Waals surface area contributed by atoms with Crippen molar-refractivity contribution in [1.29, 1.82) is 0 Å². The van der Waals surface area contributed by atoms with Gasteiger partial charge < -0.3 is 15.5 Å². The smallest absolute Gasteiger partial charge is 0.255 e. The molecular formula is C30H35FN4O. The fourth-order valence-electron chi connectivity index (χ4n) is 5.32. The molecule has 0 saturated carbocycles. The van der Waals surface area contributed by atoms with Gasteiger partial charge in [-0.25, -0.2) is 4.39 Å². The molecule has 2 aliphatic rings. The van der Waals surface area contributed by atoms with Crippen LogP contribution in [0.2, 0.25) is 0 Å². The minimum absolute atomic E-state index is 0.153. The highest BCUT2D eigenvalue weighted by Gasteiger charge is 2.25. The number of nitrogens with zero attached hydrogens (tertiary/aromatic N) is 2. The van der Waals surface area contributed by atoms with Crippen LogP contribution in [0, 0.1) is 5.82 Å². The van der Waals surface area contributed by atoms with E-state index in [9.17, 15) is 9.18 Å². The Hall–Kier alpha value is -3.22. The summed E-state index contributed by atoms with van der Waals surface area (Å²) in [5.74, 6) is -0.445. The number of anilines is 3. The second kappa shape index (κ2) is 11.7. The number of carbonyl (C=O) groups is 1. The molecule has 0 atom stereocenters. The summed E-state index contributed by atoms with van der Waals surface area (Å²) in [6.45, 7) is 5.84. The van der Waals surface area contributed by atoms with Crippen molar-refractivity contribution in [2.75, 3.05) is 36.8 Å². The summed E-state index contributed by atoms with van der Waals surface area (Å²) in [4.78, 5) is 18.0. The average Bonchev–Trinajstić information content (AvgIpc) is 2.91. The fourth-order valence-corrected chi connectivity index (χ4v) is 5.32. The quantitative estimate of drug-likeness (QED) is 0.413. The molecule has 3 aromatic rings. The fraction of sp³-hybridized carbons (Fsp3) is 0.367. The van der Waals surface area contributed by atoms with E-state index in [1.807, 2.05) is 24.3 Å². The minimum atomic E-state index is -0.292. The number of benzene rings is 3. The van der Waals surface area contributed by atoms with Crippen LogP contribution in [0.4, 0.5) is 21.5 Å². The first-order valence-corrected chi connectivity index (χ1v) is 13.1. The summed E-state index contributed by atoms with van der Waals surface area (Å²) in [6, 6.07) is 22.4. The molecule has 5 rings (SSSR count). The molecule has 2 aliphatic heterocycles. The first-order valence-electron chi connectivity index (χ1n) is 13.1. The molecule has 2 N–H and O–H groups in total. The third-order valence-corrected chi connectivity index (χ3v) is 7.34. The summed E-state index contributed by atoms with van der Waals surface area (Å²) >= 11 is 0. The van der Waals surface area contributed by atoms with Crippen LogP contribution in [-0.4, -0.2) is 47.9 Å². The Labute approximate surface area is 213 Å². The van der Waals surface area contributed by atoms with Crippen LogP contribution in [-0.2, 0) is 6.54 Å². The van der Waals surface area contributed by atoms with E-state index in [1.165, 1.54) is 62.9 Å². The van der Waals surface area contributed by atoms with Gasteiger partial charge in [-0.15, -0.1) is 0 Å². The zero-order valence-corrected chi connectivity index (χ0v) is 20.8. The molecule has 2 saturated heterocycles. The second-order valence-electron chi connectivity index (χ2n) is 9.97. The standard InChI is InChI=1S/C30H35FN4O/c31-25-5-4-6-28(21-25)32-26-13-9-24(10-14-26)30(36)33-27-11-7-23(8-12-27)22-34-19-15-29(16-20-34)35-17-2-1-3-18-35/h4-14,21,29,32H,1-3,15-20,22H2,(H,33,36). The van der Waals surface area contributed by atoms with E-state index in [2.05, 4.69) is 32.6 Å². The lowest BCUT2D eigenvalue weighted by Gasteiger charge is -2.40. The van der Waals surface area contributed by atoms with E-state index in [4.69, 9.17) is 0 Å². The topological polar surface area (TPSA) is 47.6 Å². The molecule has 36 heavy (non-hydrogen) atoms. The number of hydrogen-bond donors (Lipinski definition) is 2. The Morgan fingerprint density at radius 2 is 1.50 bits per heavy atom. The third kappa shape index (κ3) is 6.50. The lowest BCUT2D eigenvalue weighted by molar-refractivity contribution is 0.0896. The summed E-state index contributed by atoms with van der Waals surface area (Å²) in [5, 5.41) is 6.12. The van der Waals surface area contributed by atoms with Gasteiger partial charge in [0.05, 0.1) is 0 Å². The predicted octanol–water partition coefficient (Wildman–Crippen LogP) is 6.27. The number of amides is 1. The number of rotatable bonds is 7. The van der Waals surface area contributed by atoms with Gasteiger partial charge in [-0.2, -0.15) is 0 Å². The Kier molecular flexibility index (Phi) is 7.94. The molecule has 0 bridgehead atoms. The Balaban J connectivity index is 1.09. The number of piperidine rings is 2. The number of hydrogen-bond acceptors (Lipinski definition) is 4. The van der Waals surface area contributed by atoms with Gasteiger partial charge in [-0.05, 0) is 112 Å². The third-order valence-electron chi connectivity index (χ3n) is 7.34. The van der Waals surface area contributed by atoms with Gasteiger partial charge in [0.2, 0.25) is 0 Å². The molecule has 6 heteroatoms. The predicted molar refractivity (Wildman–Crippen MR) is 144 cm³/mol. The van der Waals surface area contributed by atoms with Crippen LogP contribution in [0.15, 0.2) is 72.8 Å². The summed E-state index contributed by atoms with van der Waals surface area (Å²) in [7, 11) is 0. The number of halogens is 1. The zero-order valence-electron chi connectivity index (χ0n) is 20.8. The largest absolute Gasteiger partial charge is 0.355 e. The van der Waals surface area contributed by atoms with Gasteiger partial charge in [-0.1, -0.05) is 24.6 Å². The van der Waals surface area contributed by atoms with Crippen molar-refractivity contribution in [2.24, 2.45) is 0 Å². The van der Waals surface area contributed by atoms with Gasteiger partial charge in [0, 0.05) is 35.2 Å². The maximum absolute atomic E-state index is 13.4. The molecule has 188 valence electrons. The van der Waals surface area contributed by atoms with E-state index in [1.54, 1.807) is 24.3 Å². The van der Waals surface area contributed by atoms with Crippen molar-refractivity contribution >= 4 is 23.0 Å². The van der Waals surface area contributed by atoms with E-state index < -0.39 is 0 Å². The Morgan fingerprint density at radius 3 is 2.19 bits per heavy atom. The van der Waals surface area contributed by atoms with Gasteiger partial charge in [0.15, 0.2) is 0 Å². The van der Waals surface area contributed by atoms with Gasteiger partial charge in [-0.3, -0.25) is 9.69 Å². The SMILES string of the molecule is O=C(Nc1ccc(CN2CCC(N3CCCCC3)CC2)cc1)c1ccc(Nc2cccc(F)c2)cc1. The molecule has 0 radical (unpaired) electrons. The lowest BCUT2D eigenvalue weighted by atomic mass is 9.99. The number of carbonyl (C=O) groups excluding carboxylic acids is 1. The molecule has 2 fully saturated rings. The molecule has 3 aromatic carbocycles. The van der Waals surface area contributed by atoms with E-state index in [-0.39, 0.29) is 11.7 Å². The summed E-state index contributed by atoms with van der Waals surface area (Å²) < 4.78 is 13.4. The molecule has 2 heterocycles. The normalized spacial score (nSPS) is 17.6. The van der Waals surface area contributed by atoms with Gasteiger partial charge in [0.25, 0.3) is 5.91 Å². The Bertz CT molecular complexity index is 1130. The van der Waals surface area contributed by atoms with Crippen LogP contribution < -0.4 is 10.6 Å². The molecule has 0 spiro atoms. The average molecular weight is 487 g/mol. The molecule has 5 nitrogen and oxygen atoms in total. The molecule has 0 unspecified atom stereocenters. The molecule has 1 amide bonds. The summed E-state index contributed by atoms with van der Waals surface area (Å²) in [6.07, 6.45) is 6.66. The van der Waals surface area contributed by atoms with Crippen LogP contribution in [0.3, 0.4) is 0 Å². The van der Waals surface area contributed by atoms with E-state index >= 15 is 0 Å².